The van der Waals surface area contributed by atoms with Gasteiger partial charge < -0.3 is 40.1 Å². The molecule has 0 heterocycles. The molecule has 0 atom stereocenters. The highest BCUT2D eigenvalue weighted by Gasteiger charge is 2.24. The molecule has 0 fully saturated rings. The summed E-state index contributed by atoms with van der Waals surface area (Å²) < 4.78 is 9.89. The van der Waals surface area contributed by atoms with Crippen LogP contribution >= 0.6 is 0 Å². The first kappa shape index (κ1) is 47.7. The van der Waals surface area contributed by atoms with Crippen molar-refractivity contribution in [3.8, 4) is 0 Å². The Morgan fingerprint density at radius 3 is 0.976 bits per heavy atom. The van der Waals surface area contributed by atoms with E-state index in [0.29, 0.717) is 30.8 Å². The van der Waals surface area contributed by atoms with Gasteiger partial charge in [-0.3, -0.25) is 0 Å². The number of carbonyl (C=O) groups is 5. The molecule has 0 unspecified atom stereocenters. The maximum Gasteiger partial charge on any atom is 0.333 e. The molecule has 0 spiro atoms. The molecule has 0 aromatic heterocycles. The largest absolute Gasteiger partial charge is 0.478 e. The summed E-state index contributed by atoms with van der Waals surface area (Å²) in [7, 11) is 0. The number of carboxylic acid groups (broad SMARTS) is 3. The van der Waals surface area contributed by atoms with Gasteiger partial charge in [-0.25, -0.2) is 24.0 Å². The van der Waals surface area contributed by atoms with Gasteiger partial charge >= 0.3 is 29.8 Å². The molecule has 13 nitrogen and oxygen atoms in total. The Bertz CT molecular complexity index is 748. The second kappa shape index (κ2) is 33.1. The molecule has 0 saturated heterocycles. The number of rotatable bonds is 16. The van der Waals surface area contributed by atoms with Gasteiger partial charge in [0, 0.05) is 34.8 Å². The number of ether oxygens (including phenoxy) is 2. The van der Waals surface area contributed by atoms with E-state index in [4.69, 9.17) is 40.1 Å². The van der Waals surface area contributed by atoms with Crippen LogP contribution in [0.3, 0.4) is 0 Å². The number of aliphatic hydroxyl groups excluding tert-OH is 3. The van der Waals surface area contributed by atoms with Gasteiger partial charge in [0.25, 0.3) is 0 Å². The molecule has 0 saturated carbocycles. The van der Waals surface area contributed by atoms with Crippen LogP contribution in [0, 0.1) is 5.41 Å². The van der Waals surface area contributed by atoms with Gasteiger partial charge in [0.1, 0.15) is 0 Å². The van der Waals surface area contributed by atoms with Gasteiger partial charge in [-0.05, 0) is 46.0 Å². The number of hydrogen-bond donors (Lipinski definition) is 6. The molecule has 0 rings (SSSR count). The SMILES string of the molecule is C=C(C)C(=O)OCCCCCCOC(=O)C(=C)C.C=CC(=O)O.C=CC(=O)O.C=CC(=O)O.CCC(CO)(CO)CO. The first-order valence-corrected chi connectivity index (χ1v) is 12.5. The number of esters is 2. The number of aliphatic carboxylic acids is 3. The minimum atomic E-state index is -0.981. The molecular formula is C29H48O13. The highest BCUT2D eigenvalue weighted by molar-refractivity contribution is 5.87. The summed E-state index contributed by atoms with van der Waals surface area (Å²) in [5, 5.41) is 48.8. The maximum atomic E-state index is 11.0. The third kappa shape index (κ3) is 40.4. The van der Waals surface area contributed by atoms with Crippen LogP contribution in [-0.4, -0.2) is 93.5 Å². The zero-order valence-corrected chi connectivity index (χ0v) is 24.9. The van der Waals surface area contributed by atoms with E-state index in [9.17, 15) is 24.0 Å². The van der Waals surface area contributed by atoms with Crippen molar-refractivity contribution in [1.82, 2.24) is 0 Å². The van der Waals surface area contributed by atoms with Crippen molar-refractivity contribution in [2.75, 3.05) is 33.0 Å². The second-order valence-electron chi connectivity index (χ2n) is 8.20. The van der Waals surface area contributed by atoms with Crippen LogP contribution in [0.4, 0.5) is 0 Å². The van der Waals surface area contributed by atoms with E-state index in [1.54, 1.807) is 13.8 Å². The zero-order valence-electron chi connectivity index (χ0n) is 24.9. The van der Waals surface area contributed by atoms with Gasteiger partial charge in [-0.15, -0.1) is 0 Å². The van der Waals surface area contributed by atoms with Gasteiger partial charge in [0.05, 0.1) is 33.0 Å². The van der Waals surface area contributed by atoms with Crippen molar-refractivity contribution < 1.29 is 64.1 Å². The third-order valence-corrected chi connectivity index (χ3v) is 4.48. The summed E-state index contributed by atoms with van der Waals surface area (Å²) in [5.74, 6) is -3.63. The number of aliphatic hydroxyl groups is 3. The molecule has 0 aliphatic heterocycles. The molecule has 42 heavy (non-hydrogen) atoms. The molecule has 13 heteroatoms. The quantitative estimate of drug-likeness (QED) is 0.0847. The molecule has 0 bridgehead atoms. The Morgan fingerprint density at radius 1 is 0.619 bits per heavy atom. The van der Waals surface area contributed by atoms with Crippen LogP contribution in [0.25, 0.3) is 0 Å². The Labute approximate surface area is 247 Å². The minimum absolute atomic E-state index is 0.156. The summed E-state index contributed by atoms with van der Waals surface area (Å²) in [6, 6.07) is 0. The Balaban J connectivity index is -0.000000157. The zero-order chi connectivity index (χ0) is 34.1. The van der Waals surface area contributed by atoms with Gasteiger partial charge in [-0.2, -0.15) is 0 Å². The highest BCUT2D eigenvalue weighted by Crippen LogP contribution is 2.18. The monoisotopic (exact) mass is 604 g/mol. The van der Waals surface area contributed by atoms with Crippen molar-refractivity contribution in [3.05, 3.63) is 62.3 Å². The molecule has 0 aromatic rings. The summed E-state index contributed by atoms with van der Waals surface area (Å²) in [6.07, 6.45) is 6.60. The van der Waals surface area contributed by atoms with E-state index >= 15 is 0 Å². The molecular weight excluding hydrogens is 556 g/mol. The fourth-order valence-electron chi connectivity index (χ4n) is 1.62. The van der Waals surface area contributed by atoms with Crippen LogP contribution in [0.15, 0.2) is 62.3 Å². The van der Waals surface area contributed by atoms with Crippen molar-refractivity contribution in [1.29, 1.82) is 0 Å². The smallest absolute Gasteiger partial charge is 0.333 e. The summed E-state index contributed by atoms with van der Waals surface area (Å²) >= 11 is 0. The van der Waals surface area contributed by atoms with E-state index in [0.717, 1.165) is 43.9 Å². The Morgan fingerprint density at radius 2 is 0.857 bits per heavy atom. The first-order chi connectivity index (χ1) is 19.5. The van der Waals surface area contributed by atoms with Crippen molar-refractivity contribution >= 4 is 29.8 Å². The van der Waals surface area contributed by atoms with E-state index in [1.165, 1.54) is 0 Å². The summed E-state index contributed by atoms with van der Waals surface area (Å²) in [4.78, 5) is 49.8. The third-order valence-electron chi connectivity index (χ3n) is 4.48. The average molecular weight is 605 g/mol. The topological polar surface area (TPSA) is 225 Å². The second-order valence-corrected chi connectivity index (χ2v) is 8.20. The van der Waals surface area contributed by atoms with Gasteiger partial charge in [0.15, 0.2) is 0 Å². The van der Waals surface area contributed by atoms with Crippen molar-refractivity contribution in [2.24, 2.45) is 5.41 Å². The van der Waals surface area contributed by atoms with Crippen LogP contribution < -0.4 is 0 Å². The fraction of sp³-hybridized carbons (Fsp3) is 0.483. The Kier molecular flexibility index (Phi) is 37.6. The van der Waals surface area contributed by atoms with E-state index < -0.39 is 23.3 Å². The molecule has 0 aliphatic carbocycles. The van der Waals surface area contributed by atoms with Crippen LogP contribution in [0.2, 0.25) is 0 Å². The molecule has 0 aliphatic rings. The lowest BCUT2D eigenvalue weighted by molar-refractivity contribution is -0.140. The van der Waals surface area contributed by atoms with Crippen molar-refractivity contribution in [3.63, 3.8) is 0 Å². The number of unbranched alkanes of at least 4 members (excludes halogenated alkanes) is 3. The van der Waals surface area contributed by atoms with Crippen LogP contribution in [-0.2, 0) is 33.4 Å². The molecule has 6 N–H and O–H groups in total. The van der Waals surface area contributed by atoms with Crippen molar-refractivity contribution in [2.45, 2.75) is 52.9 Å². The number of hydrogen-bond acceptors (Lipinski definition) is 10. The number of carbonyl (C=O) groups excluding carboxylic acids is 2. The van der Waals surface area contributed by atoms with Gasteiger partial charge in [0.2, 0.25) is 0 Å². The van der Waals surface area contributed by atoms with Crippen LogP contribution in [0.1, 0.15) is 52.9 Å². The summed E-state index contributed by atoms with van der Waals surface area (Å²) in [6.45, 7) is 21.3. The molecule has 0 amide bonds. The fourth-order valence-corrected chi connectivity index (χ4v) is 1.62. The van der Waals surface area contributed by atoms with E-state index in [2.05, 4.69) is 32.9 Å². The first-order valence-electron chi connectivity index (χ1n) is 12.5. The lowest BCUT2D eigenvalue weighted by atomic mass is 9.88. The van der Waals surface area contributed by atoms with Crippen LogP contribution in [0.5, 0.6) is 0 Å². The predicted molar refractivity (Wildman–Crippen MR) is 157 cm³/mol. The maximum absolute atomic E-state index is 11.0. The lowest BCUT2D eigenvalue weighted by Crippen LogP contribution is -2.32. The van der Waals surface area contributed by atoms with E-state index in [-0.39, 0.29) is 31.8 Å². The van der Waals surface area contributed by atoms with E-state index in [1.807, 2.05) is 6.92 Å². The lowest BCUT2D eigenvalue weighted by Gasteiger charge is -2.24. The predicted octanol–water partition coefficient (Wildman–Crippen LogP) is 2.92. The standard InChI is InChI=1S/C14H22O4.C6H14O3.3C3H4O2/c1-11(2)13(15)17-9-7-5-6-8-10-18-14(16)12(3)4;1-2-6(3-7,4-8)5-9;3*1-2-3(4)5/h1,3,5-10H2,2,4H3;7-9H,2-5H2,1H3;3*2H,1H2,(H,4,5). The average Bonchev–Trinajstić information content (AvgIpc) is 2.96. The highest BCUT2D eigenvalue weighted by atomic mass is 16.5. The molecule has 242 valence electrons. The minimum Gasteiger partial charge on any atom is -0.478 e. The molecule has 0 radical (unpaired) electrons. The summed E-state index contributed by atoms with van der Waals surface area (Å²) in [5.41, 5.74) is 0.170. The Hall–Kier alpha value is -4.07. The van der Waals surface area contributed by atoms with Gasteiger partial charge in [-0.1, -0.05) is 39.8 Å². The normalized spacial score (nSPS) is 9.00. The number of carboxylic acids is 3. The molecule has 0 aromatic carbocycles.